The van der Waals surface area contributed by atoms with Crippen LogP contribution in [0.1, 0.15) is 71.2 Å². The maximum atomic E-state index is 12.3. The van der Waals surface area contributed by atoms with Crippen molar-refractivity contribution in [2.75, 3.05) is 6.61 Å². The number of nitrogens with zero attached hydrogens (tertiary/aromatic N) is 4. The molecule has 0 aromatic carbocycles. The van der Waals surface area contributed by atoms with Crippen LogP contribution in [-0.2, 0) is 35.4 Å². The van der Waals surface area contributed by atoms with E-state index in [4.69, 9.17) is 9.47 Å². The summed E-state index contributed by atoms with van der Waals surface area (Å²) in [5, 5.41) is 0. The number of aromatic nitrogens is 4. The molecule has 5 rings (SSSR count). The molecule has 8 heteroatoms. The van der Waals surface area contributed by atoms with E-state index in [1.807, 2.05) is 4.57 Å². The van der Waals surface area contributed by atoms with Gasteiger partial charge in [-0.2, -0.15) is 0 Å². The first kappa shape index (κ1) is 18.4. The van der Waals surface area contributed by atoms with E-state index in [1.54, 1.807) is 12.4 Å². The van der Waals surface area contributed by atoms with Crippen LogP contribution in [0.15, 0.2) is 12.4 Å². The Hall–Kier alpha value is -2.64. The van der Waals surface area contributed by atoms with Gasteiger partial charge < -0.3 is 18.6 Å². The highest BCUT2D eigenvalue weighted by Gasteiger charge is 2.34. The third kappa shape index (κ3) is 3.80. The third-order valence-electron chi connectivity index (χ3n) is 6.15. The number of hydrogen-bond donors (Lipinski definition) is 0. The fourth-order valence-corrected chi connectivity index (χ4v) is 4.41. The molecule has 2 aromatic heterocycles. The average molecular weight is 398 g/mol. The van der Waals surface area contributed by atoms with E-state index >= 15 is 0 Å². The van der Waals surface area contributed by atoms with Gasteiger partial charge in [0.1, 0.15) is 17.8 Å². The van der Waals surface area contributed by atoms with Crippen LogP contribution in [0.25, 0.3) is 0 Å². The van der Waals surface area contributed by atoms with Crippen molar-refractivity contribution in [1.29, 1.82) is 0 Å². The second-order valence-electron chi connectivity index (χ2n) is 8.35. The van der Waals surface area contributed by atoms with E-state index in [0.717, 1.165) is 63.3 Å². The zero-order valence-electron chi connectivity index (χ0n) is 16.5. The quantitative estimate of drug-likeness (QED) is 0.719. The van der Waals surface area contributed by atoms with Gasteiger partial charge in [0.25, 0.3) is 0 Å². The molecule has 4 heterocycles. The predicted octanol–water partition coefficient (Wildman–Crippen LogP) is 2.54. The summed E-state index contributed by atoms with van der Waals surface area (Å²) in [4.78, 5) is 33.4. The Bertz CT molecular complexity index is 878. The molecular formula is C21H26N4O4. The normalized spacial score (nSPS) is 22.9. The van der Waals surface area contributed by atoms with Crippen molar-refractivity contribution < 1.29 is 19.1 Å². The van der Waals surface area contributed by atoms with E-state index in [-0.39, 0.29) is 24.0 Å². The summed E-state index contributed by atoms with van der Waals surface area (Å²) in [6.45, 7) is 2.19. The molecule has 8 nitrogen and oxygen atoms in total. The first-order valence-electron chi connectivity index (χ1n) is 10.7. The van der Waals surface area contributed by atoms with E-state index in [9.17, 15) is 9.59 Å². The monoisotopic (exact) mass is 398 g/mol. The van der Waals surface area contributed by atoms with Crippen LogP contribution in [0.3, 0.4) is 0 Å². The van der Waals surface area contributed by atoms with E-state index < -0.39 is 0 Å². The molecule has 0 spiro atoms. The number of imidazole rings is 2. The number of fused-ring (bicyclic) bond motifs is 2. The number of ether oxygens (including phenoxy) is 2. The first-order chi connectivity index (χ1) is 14.2. The van der Waals surface area contributed by atoms with Gasteiger partial charge in [0, 0.05) is 44.2 Å². The minimum Gasteiger partial charge on any atom is -0.461 e. The average Bonchev–Trinajstić information content (AvgIpc) is 3.33. The highest BCUT2D eigenvalue weighted by molar-refractivity contribution is 5.87. The number of carbonyl (C=O) groups is 2. The first-order valence-corrected chi connectivity index (χ1v) is 10.7. The van der Waals surface area contributed by atoms with Gasteiger partial charge in [-0.25, -0.2) is 19.6 Å². The number of carbonyl (C=O) groups excluding carboxylic acids is 2. The van der Waals surface area contributed by atoms with Crippen LogP contribution >= 0.6 is 0 Å². The van der Waals surface area contributed by atoms with E-state index in [0.29, 0.717) is 30.8 Å². The Balaban J connectivity index is 1.06. The summed E-state index contributed by atoms with van der Waals surface area (Å²) in [6.07, 6.45) is 11.2. The molecule has 0 saturated heterocycles. The van der Waals surface area contributed by atoms with E-state index in [2.05, 4.69) is 14.5 Å². The van der Waals surface area contributed by atoms with E-state index in [1.165, 1.54) is 0 Å². The molecule has 0 bridgehead atoms. The molecule has 0 N–H and O–H groups in total. The number of rotatable bonds is 5. The topological polar surface area (TPSA) is 88.2 Å². The summed E-state index contributed by atoms with van der Waals surface area (Å²) in [5.74, 6) is 1.46. The zero-order chi connectivity index (χ0) is 19.8. The molecule has 1 saturated carbocycles. The summed E-state index contributed by atoms with van der Waals surface area (Å²) in [7, 11) is 0. The standard InChI is InChI=1S/C21H26N4O4/c26-20(16-11-24-7-3-1-5-18(24)22-16)28-13-14-9-15(10-14)29-21(27)17-12-25-8-4-2-6-19(25)23-17/h11-12,14-15H,1-10,13H2. The van der Waals surface area contributed by atoms with Crippen molar-refractivity contribution in [3.63, 3.8) is 0 Å². The Morgan fingerprint density at radius 2 is 1.48 bits per heavy atom. The molecule has 2 aliphatic heterocycles. The van der Waals surface area contributed by atoms with Gasteiger partial charge in [0.05, 0.1) is 6.61 Å². The third-order valence-corrected chi connectivity index (χ3v) is 6.15. The second-order valence-corrected chi connectivity index (χ2v) is 8.35. The Morgan fingerprint density at radius 3 is 2.07 bits per heavy atom. The fraction of sp³-hybridized carbons (Fsp3) is 0.619. The molecular weight excluding hydrogens is 372 g/mol. The maximum absolute atomic E-state index is 12.3. The minimum absolute atomic E-state index is 0.121. The van der Waals surface area contributed by atoms with Crippen LogP contribution in [0.2, 0.25) is 0 Å². The molecule has 0 unspecified atom stereocenters. The van der Waals surface area contributed by atoms with Crippen LogP contribution in [0.5, 0.6) is 0 Å². The fourth-order valence-electron chi connectivity index (χ4n) is 4.41. The number of aryl methyl sites for hydroxylation is 4. The maximum Gasteiger partial charge on any atom is 0.358 e. The van der Waals surface area contributed by atoms with Crippen LogP contribution in [0.4, 0.5) is 0 Å². The molecule has 29 heavy (non-hydrogen) atoms. The molecule has 2 aromatic rings. The summed E-state index contributed by atoms with van der Waals surface area (Å²) >= 11 is 0. The SMILES string of the molecule is O=C(OCC1CC(OC(=O)c2cn3c(n2)CCCC3)C1)c1cn2c(n1)CCCC2. The van der Waals surface area contributed by atoms with Crippen molar-refractivity contribution in [2.45, 2.75) is 70.6 Å². The lowest BCUT2D eigenvalue weighted by molar-refractivity contribution is -0.0296. The number of esters is 2. The highest BCUT2D eigenvalue weighted by Crippen LogP contribution is 2.31. The second kappa shape index (κ2) is 7.65. The van der Waals surface area contributed by atoms with Crippen molar-refractivity contribution in [3.8, 4) is 0 Å². The van der Waals surface area contributed by atoms with Gasteiger partial charge in [-0.1, -0.05) is 0 Å². The Kier molecular flexibility index (Phi) is 4.85. The molecule has 154 valence electrons. The molecule has 0 atom stereocenters. The Morgan fingerprint density at radius 1 is 0.897 bits per heavy atom. The summed E-state index contributed by atoms with van der Waals surface area (Å²) < 4.78 is 15.1. The molecule has 0 radical (unpaired) electrons. The van der Waals surface area contributed by atoms with Crippen LogP contribution < -0.4 is 0 Å². The van der Waals surface area contributed by atoms with Gasteiger partial charge in [-0.15, -0.1) is 0 Å². The smallest absolute Gasteiger partial charge is 0.358 e. The summed E-state index contributed by atoms with van der Waals surface area (Å²) in [5.41, 5.74) is 0.800. The van der Waals surface area contributed by atoms with Gasteiger partial charge in [-0.3, -0.25) is 0 Å². The van der Waals surface area contributed by atoms with Gasteiger partial charge >= 0.3 is 11.9 Å². The van der Waals surface area contributed by atoms with Crippen molar-refractivity contribution in [2.24, 2.45) is 5.92 Å². The number of hydrogen-bond acceptors (Lipinski definition) is 6. The van der Waals surface area contributed by atoms with Gasteiger partial charge in [0.2, 0.25) is 0 Å². The largest absolute Gasteiger partial charge is 0.461 e. The van der Waals surface area contributed by atoms with Crippen LogP contribution in [0, 0.1) is 5.92 Å². The lowest BCUT2D eigenvalue weighted by atomic mass is 9.83. The molecule has 1 aliphatic carbocycles. The van der Waals surface area contributed by atoms with Crippen molar-refractivity contribution >= 4 is 11.9 Å². The minimum atomic E-state index is -0.365. The van der Waals surface area contributed by atoms with Gasteiger partial charge in [-0.05, 0) is 38.5 Å². The van der Waals surface area contributed by atoms with Gasteiger partial charge in [0.15, 0.2) is 11.4 Å². The predicted molar refractivity (Wildman–Crippen MR) is 103 cm³/mol. The Labute approximate surface area is 169 Å². The van der Waals surface area contributed by atoms with Crippen LogP contribution in [-0.4, -0.2) is 43.8 Å². The van der Waals surface area contributed by atoms with Crippen molar-refractivity contribution in [1.82, 2.24) is 19.1 Å². The van der Waals surface area contributed by atoms with Crippen molar-refractivity contribution in [3.05, 3.63) is 35.4 Å². The summed E-state index contributed by atoms with van der Waals surface area (Å²) in [6, 6.07) is 0. The zero-order valence-corrected chi connectivity index (χ0v) is 16.5. The molecule has 0 amide bonds. The molecule has 3 aliphatic rings. The molecule has 1 fully saturated rings. The lowest BCUT2D eigenvalue weighted by Gasteiger charge is -2.33. The highest BCUT2D eigenvalue weighted by atomic mass is 16.5. The lowest BCUT2D eigenvalue weighted by Crippen LogP contribution is -2.36.